The van der Waals surface area contributed by atoms with E-state index in [4.69, 9.17) is 19.2 Å². The van der Waals surface area contributed by atoms with E-state index in [-0.39, 0.29) is 0 Å². The van der Waals surface area contributed by atoms with Crippen molar-refractivity contribution in [2.45, 2.75) is 51.2 Å². The summed E-state index contributed by atoms with van der Waals surface area (Å²) in [6.07, 6.45) is 6.06. The molecule has 174 valence electrons. The van der Waals surface area contributed by atoms with Gasteiger partial charge in [0.15, 0.2) is 5.96 Å². The van der Waals surface area contributed by atoms with Gasteiger partial charge < -0.3 is 24.8 Å². The van der Waals surface area contributed by atoms with Crippen LogP contribution in [0, 0.1) is 0 Å². The van der Waals surface area contributed by atoms with E-state index in [0.29, 0.717) is 18.8 Å². The van der Waals surface area contributed by atoms with Crippen LogP contribution in [-0.2, 0) is 9.47 Å². The highest BCUT2D eigenvalue weighted by Crippen LogP contribution is 2.27. The molecule has 2 aliphatic rings. The van der Waals surface area contributed by atoms with E-state index >= 15 is 0 Å². The molecule has 2 saturated heterocycles. The lowest BCUT2D eigenvalue weighted by atomic mass is 10.1. The van der Waals surface area contributed by atoms with Crippen LogP contribution in [-0.4, -0.2) is 76.6 Å². The fraction of sp³-hybridized carbons (Fsp3) is 0.708. The molecule has 2 fully saturated rings. The molecule has 2 N–H and O–H groups in total. The standard InChI is InChI=1S/C24H40N4O3/c1-3-25-24(26-13-7-16-30-19-22-8-6-17-31-22)27-18-23(28-14-4-5-15-28)20-9-11-21(29-2)12-10-20/h9-12,22-23H,3-8,13-19H2,1-2H3,(H2,25,26,27). The summed E-state index contributed by atoms with van der Waals surface area (Å²) in [5.41, 5.74) is 1.30. The highest BCUT2D eigenvalue weighted by Gasteiger charge is 2.23. The van der Waals surface area contributed by atoms with Crippen molar-refractivity contribution in [3.05, 3.63) is 29.8 Å². The second-order valence-corrected chi connectivity index (χ2v) is 8.24. The highest BCUT2D eigenvalue weighted by molar-refractivity contribution is 5.79. The van der Waals surface area contributed by atoms with Crippen molar-refractivity contribution < 1.29 is 14.2 Å². The van der Waals surface area contributed by atoms with E-state index in [0.717, 1.165) is 76.9 Å². The summed E-state index contributed by atoms with van der Waals surface area (Å²) in [6.45, 7) is 9.14. The lowest BCUT2D eigenvalue weighted by molar-refractivity contribution is 0.0168. The number of guanidine groups is 1. The van der Waals surface area contributed by atoms with E-state index < -0.39 is 0 Å². The van der Waals surface area contributed by atoms with Crippen molar-refractivity contribution in [2.24, 2.45) is 4.99 Å². The normalized spacial score (nSPS) is 20.7. The molecule has 1 aromatic carbocycles. The van der Waals surface area contributed by atoms with Crippen molar-refractivity contribution in [2.75, 3.05) is 59.7 Å². The van der Waals surface area contributed by atoms with Gasteiger partial charge in [0, 0.05) is 26.3 Å². The Morgan fingerprint density at radius 3 is 2.68 bits per heavy atom. The molecule has 0 amide bonds. The van der Waals surface area contributed by atoms with Gasteiger partial charge >= 0.3 is 0 Å². The van der Waals surface area contributed by atoms with Crippen molar-refractivity contribution in [1.82, 2.24) is 15.5 Å². The summed E-state index contributed by atoms with van der Waals surface area (Å²) in [7, 11) is 1.71. The Bertz CT molecular complexity index is 641. The van der Waals surface area contributed by atoms with Crippen LogP contribution in [0.1, 0.15) is 50.6 Å². The van der Waals surface area contributed by atoms with Gasteiger partial charge in [0.25, 0.3) is 0 Å². The minimum atomic E-state index is 0.290. The number of likely N-dealkylation sites (tertiary alicyclic amines) is 1. The molecule has 0 radical (unpaired) electrons. The molecular formula is C24H40N4O3. The van der Waals surface area contributed by atoms with Crippen LogP contribution < -0.4 is 15.4 Å². The fourth-order valence-corrected chi connectivity index (χ4v) is 4.20. The van der Waals surface area contributed by atoms with Crippen LogP contribution in [0.25, 0.3) is 0 Å². The van der Waals surface area contributed by atoms with Gasteiger partial charge in [-0.15, -0.1) is 0 Å². The minimum Gasteiger partial charge on any atom is -0.497 e. The number of ether oxygens (including phenoxy) is 3. The molecule has 2 heterocycles. The first-order valence-electron chi connectivity index (χ1n) is 11.9. The molecule has 2 aliphatic heterocycles. The predicted molar refractivity (Wildman–Crippen MR) is 125 cm³/mol. The van der Waals surface area contributed by atoms with Crippen LogP contribution in [0.3, 0.4) is 0 Å². The maximum absolute atomic E-state index is 5.76. The van der Waals surface area contributed by atoms with E-state index in [1.54, 1.807) is 7.11 Å². The number of hydrogen-bond acceptors (Lipinski definition) is 5. The number of hydrogen-bond donors (Lipinski definition) is 2. The van der Waals surface area contributed by atoms with Gasteiger partial charge in [0.05, 0.1) is 32.4 Å². The van der Waals surface area contributed by atoms with Crippen LogP contribution >= 0.6 is 0 Å². The average Bonchev–Trinajstić information content (AvgIpc) is 3.51. The Balaban J connectivity index is 1.48. The van der Waals surface area contributed by atoms with Crippen LogP contribution in [0.5, 0.6) is 5.75 Å². The van der Waals surface area contributed by atoms with Crippen molar-refractivity contribution in [1.29, 1.82) is 0 Å². The summed E-state index contributed by atoms with van der Waals surface area (Å²) in [6, 6.07) is 8.72. The SMILES string of the molecule is CCNC(=NCC(c1ccc(OC)cc1)N1CCCC1)NCCCOCC1CCCO1. The van der Waals surface area contributed by atoms with Gasteiger partial charge in [-0.05, 0) is 69.8 Å². The monoisotopic (exact) mass is 432 g/mol. The topological polar surface area (TPSA) is 67.4 Å². The molecule has 0 aliphatic carbocycles. The Kier molecular flexibility index (Phi) is 10.4. The Hall–Kier alpha value is -1.83. The van der Waals surface area contributed by atoms with Gasteiger partial charge in [-0.2, -0.15) is 0 Å². The van der Waals surface area contributed by atoms with Crippen molar-refractivity contribution >= 4 is 5.96 Å². The molecule has 3 rings (SSSR count). The molecule has 7 nitrogen and oxygen atoms in total. The second kappa shape index (κ2) is 13.6. The average molecular weight is 433 g/mol. The number of benzene rings is 1. The quantitative estimate of drug-likeness (QED) is 0.301. The number of nitrogens with one attached hydrogen (secondary N) is 2. The fourth-order valence-electron chi connectivity index (χ4n) is 4.20. The maximum Gasteiger partial charge on any atom is 0.191 e. The Morgan fingerprint density at radius 1 is 1.19 bits per heavy atom. The van der Waals surface area contributed by atoms with E-state index in [1.165, 1.54) is 18.4 Å². The first-order valence-corrected chi connectivity index (χ1v) is 11.9. The van der Waals surface area contributed by atoms with Gasteiger partial charge in [0.1, 0.15) is 5.75 Å². The lowest BCUT2D eigenvalue weighted by Gasteiger charge is -2.27. The van der Waals surface area contributed by atoms with Gasteiger partial charge in [-0.1, -0.05) is 12.1 Å². The number of rotatable bonds is 12. The maximum atomic E-state index is 5.76. The third-order valence-electron chi connectivity index (χ3n) is 5.93. The lowest BCUT2D eigenvalue weighted by Crippen LogP contribution is -2.39. The summed E-state index contributed by atoms with van der Waals surface area (Å²) in [5.74, 6) is 1.77. The summed E-state index contributed by atoms with van der Waals surface area (Å²) >= 11 is 0. The second-order valence-electron chi connectivity index (χ2n) is 8.24. The zero-order valence-corrected chi connectivity index (χ0v) is 19.3. The highest BCUT2D eigenvalue weighted by atomic mass is 16.5. The molecule has 0 aromatic heterocycles. The third-order valence-corrected chi connectivity index (χ3v) is 5.93. The number of nitrogens with zero attached hydrogens (tertiary/aromatic N) is 2. The van der Waals surface area contributed by atoms with E-state index in [2.05, 4.69) is 34.6 Å². The summed E-state index contributed by atoms with van der Waals surface area (Å²) < 4.78 is 16.7. The van der Waals surface area contributed by atoms with Crippen LogP contribution in [0.4, 0.5) is 0 Å². The largest absolute Gasteiger partial charge is 0.497 e. The Labute approximate surface area is 187 Å². The summed E-state index contributed by atoms with van der Waals surface area (Å²) in [5, 5.41) is 6.83. The summed E-state index contributed by atoms with van der Waals surface area (Å²) in [4.78, 5) is 7.47. The van der Waals surface area contributed by atoms with E-state index in [1.807, 2.05) is 12.1 Å². The van der Waals surface area contributed by atoms with Crippen molar-refractivity contribution in [3.8, 4) is 5.75 Å². The molecule has 0 spiro atoms. The molecular weight excluding hydrogens is 392 g/mol. The van der Waals surface area contributed by atoms with Gasteiger partial charge in [-0.3, -0.25) is 9.89 Å². The first-order chi connectivity index (χ1) is 15.3. The third kappa shape index (κ3) is 7.98. The van der Waals surface area contributed by atoms with Gasteiger partial charge in [-0.25, -0.2) is 0 Å². The van der Waals surface area contributed by atoms with Crippen LogP contribution in [0.2, 0.25) is 0 Å². The Morgan fingerprint density at radius 2 is 2.00 bits per heavy atom. The van der Waals surface area contributed by atoms with Gasteiger partial charge in [0.2, 0.25) is 0 Å². The molecule has 2 atom stereocenters. The minimum absolute atomic E-state index is 0.290. The number of aliphatic imine (C=N–C) groups is 1. The zero-order valence-electron chi connectivity index (χ0n) is 19.3. The molecule has 1 aromatic rings. The predicted octanol–water partition coefficient (Wildman–Crippen LogP) is 2.97. The molecule has 0 saturated carbocycles. The molecule has 2 unspecified atom stereocenters. The van der Waals surface area contributed by atoms with Crippen LogP contribution in [0.15, 0.2) is 29.3 Å². The van der Waals surface area contributed by atoms with E-state index in [9.17, 15) is 0 Å². The van der Waals surface area contributed by atoms with Crippen molar-refractivity contribution in [3.63, 3.8) is 0 Å². The smallest absolute Gasteiger partial charge is 0.191 e. The number of methoxy groups -OCH3 is 1. The molecule has 7 heteroatoms. The molecule has 31 heavy (non-hydrogen) atoms. The first kappa shape index (κ1) is 23.8. The molecule has 0 bridgehead atoms. The zero-order chi connectivity index (χ0) is 21.7.